The van der Waals surface area contributed by atoms with Crippen molar-refractivity contribution in [3.05, 3.63) is 95.1 Å². The number of ether oxygens (including phenoxy) is 3. The molecule has 1 atom stereocenters. The fourth-order valence-electron chi connectivity index (χ4n) is 3.49. The molecule has 5 nitrogen and oxygen atoms in total. The lowest BCUT2D eigenvalue weighted by atomic mass is 10.0. The molecule has 0 aliphatic heterocycles. The van der Waals surface area contributed by atoms with E-state index < -0.39 is 0 Å². The zero-order valence-corrected chi connectivity index (χ0v) is 22.1. The van der Waals surface area contributed by atoms with Crippen molar-refractivity contribution in [2.45, 2.75) is 59.5 Å². The lowest BCUT2D eigenvalue weighted by Gasteiger charge is -2.16. The molecule has 3 aromatic carbocycles. The monoisotopic (exact) mass is 490 g/mol. The Kier molecular flexibility index (Phi) is 12.3. The minimum Gasteiger partial charge on any atom is -0.493 e. The number of hydrogen-bond donors (Lipinski definition) is 0. The number of methoxy groups -OCH3 is 1. The first-order valence-electron chi connectivity index (χ1n) is 12.4. The van der Waals surface area contributed by atoms with E-state index in [2.05, 4.69) is 19.1 Å². The Balaban J connectivity index is 0.000000425. The Morgan fingerprint density at radius 3 is 2.14 bits per heavy atom. The third-order valence-corrected chi connectivity index (χ3v) is 5.78. The summed E-state index contributed by atoms with van der Waals surface area (Å²) in [5.41, 5.74) is 4.34. The molecule has 0 saturated carbocycles. The molecule has 0 bridgehead atoms. The van der Waals surface area contributed by atoms with Crippen molar-refractivity contribution < 1.29 is 23.8 Å². The number of aryl methyl sites for hydroxylation is 3. The first-order valence-corrected chi connectivity index (χ1v) is 12.4. The van der Waals surface area contributed by atoms with E-state index >= 15 is 0 Å². The molecular formula is C31H38O5. The van der Waals surface area contributed by atoms with E-state index in [4.69, 9.17) is 14.2 Å². The Morgan fingerprint density at radius 1 is 0.917 bits per heavy atom. The molecule has 0 aliphatic rings. The highest BCUT2D eigenvalue weighted by Gasteiger charge is 2.08. The van der Waals surface area contributed by atoms with Gasteiger partial charge < -0.3 is 14.2 Å². The summed E-state index contributed by atoms with van der Waals surface area (Å²) in [6.07, 6.45) is 2.97. The number of hydrogen-bond acceptors (Lipinski definition) is 5. The van der Waals surface area contributed by atoms with Crippen LogP contribution in [0, 0.1) is 6.92 Å². The zero-order valence-electron chi connectivity index (χ0n) is 22.1. The summed E-state index contributed by atoms with van der Waals surface area (Å²) in [5.74, 6) is 1.67. The highest BCUT2D eigenvalue weighted by Crippen LogP contribution is 2.21. The van der Waals surface area contributed by atoms with Gasteiger partial charge in [0, 0.05) is 18.4 Å². The number of Topliss-reactive ketones (excluding diaryl/α,β-unsaturated/α-hetero) is 1. The molecule has 5 heteroatoms. The third kappa shape index (κ3) is 10.3. The topological polar surface area (TPSA) is 61.8 Å². The van der Waals surface area contributed by atoms with E-state index in [9.17, 15) is 9.59 Å². The van der Waals surface area contributed by atoms with Crippen LogP contribution in [0.3, 0.4) is 0 Å². The molecule has 0 amide bonds. The summed E-state index contributed by atoms with van der Waals surface area (Å²) < 4.78 is 16.5. The molecular weight excluding hydrogens is 452 g/mol. The Hall–Kier alpha value is -3.60. The fourth-order valence-corrected chi connectivity index (χ4v) is 3.49. The van der Waals surface area contributed by atoms with Crippen molar-refractivity contribution in [1.82, 2.24) is 0 Å². The van der Waals surface area contributed by atoms with Crippen LogP contribution in [0.2, 0.25) is 0 Å². The zero-order chi connectivity index (χ0) is 26.3. The first kappa shape index (κ1) is 28.6. The predicted octanol–water partition coefficient (Wildman–Crippen LogP) is 6.79. The molecule has 0 N–H and O–H groups in total. The maximum Gasteiger partial charge on any atom is 0.305 e. The normalized spacial score (nSPS) is 11.0. The van der Waals surface area contributed by atoms with Crippen molar-refractivity contribution in [2.75, 3.05) is 13.7 Å². The van der Waals surface area contributed by atoms with E-state index in [-0.39, 0.29) is 17.9 Å². The largest absolute Gasteiger partial charge is 0.493 e. The van der Waals surface area contributed by atoms with E-state index in [1.165, 1.54) is 12.7 Å². The second-order valence-electron chi connectivity index (χ2n) is 8.65. The SMILES string of the molecule is CC(=O)c1ccccc1.CCc1ccc(OCCC(C)Oc2ccc(CCC(=O)OC)c(C)c2)cc1. The van der Waals surface area contributed by atoms with Crippen molar-refractivity contribution >= 4 is 11.8 Å². The second kappa shape index (κ2) is 15.4. The van der Waals surface area contributed by atoms with Gasteiger partial charge in [-0.3, -0.25) is 9.59 Å². The molecule has 0 aliphatic carbocycles. The smallest absolute Gasteiger partial charge is 0.305 e. The molecule has 3 aromatic rings. The summed E-state index contributed by atoms with van der Waals surface area (Å²) >= 11 is 0. The predicted molar refractivity (Wildman–Crippen MR) is 144 cm³/mol. The van der Waals surface area contributed by atoms with Crippen LogP contribution in [0.25, 0.3) is 0 Å². The van der Waals surface area contributed by atoms with Gasteiger partial charge in [-0.2, -0.15) is 0 Å². The molecule has 0 heterocycles. The summed E-state index contributed by atoms with van der Waals surface area (Å²) in [7, 11) is 1.41. The number of carbonyl (C=O) groups excluding carboxylic acids is 2. The van der Waals surface area contributed by atoms with Crippen LogP contribution >= 0.6 is 0 Å². The van der Waals surface area contributed by atoms with E-state index in [1.807, 2.05) is 74.5 Å². The lowest BCUT2D eigenvalue weighted by Crippen LogP contribution is -2.16. The molecule has 0 aromatic heterocycles. The maximum absolute atomic E-state index is 11.3. The third-order valence-electron chi connectivity index (χ3n) is 5.78. The number of esters is 1. The van der Waals surface area contributed by atoms with Gasteiger partial charge >= 0.3 is 5.97 Å². The molecule has 0 radical (unpaired) electrons. The fraction of sp³-hybridized carbons (Fsp3) is 0.355. The van der Waals surface area contributed by atoms with E-state index in [1.54, 1.807) is 6.92 Å². The van der Waals surface area contributed by atoms with Crippen LogP contribution in [0.5, 0.6) is 11.5 Å². The minimum absolute atomic E-state index is 0.0558. The number of rotatable bonds is 11. The van der Waals surface area contributed by atoms with Gasteiger partial charge in [-0.1, -0.05) is 55.5 Å². The number of ketones is 1. The first-order chi connectivity index (χ1) is 17.3. The van der Waals surface area contributed by atoms with Crippen LogP contribution in [0.15, 0.2) is 72.8 Å². The summed E-state index contributed by atoms with van der Waals surface area (Å²) in [6.45, 7) is 8.40. The quantitative estimate of drug-likeness (QED) is 0.219. The van der Waals surface area contributed by atoms with Gasteiger partial charge in [0.25, 0.3) is 0 Å². The van der Waals surface area contributed by atoms with Crippen LogP contribution in [0.4, 0.5) is 0 Å². The van der Waals surface area contributed by atoms with E-state index in [0.29, 0.717) is 19.4 Å². The van der Waals surface area contributed by atoms with Crippen LogP contribution in [0.1, 0.15) is 60.7 Å². The average molecular weight is 491 g/mol. The minimum atomic E-state index is -0.187. The summed E-state index contributed by atoms with van der Waals surface area (Å²) in [5, 5.41) is 0. The van der Waals surface area contributed by atoms with Crippen molar-refractivity contribution in [2.24, 2.45) is 0 Å². The van der Waals surface area contributed by atoms with Crippen molar-refractivity contribution in [3.8, 4) is 11.5 Å². The molecule has 192 valence electrons. The van der Waals surface area contributed by atoms with Gasteiger partial charge in [0.2, 0.25) is 0 Å². The highest BCUT2D eigenvalue weighted by molar-refractivity contribution is 5.93. The standard InChI is InChI=1S/C23H30O4.C8H8O/c1-5-19-6-10-21(11-7-19)26-15-14-18(3)27-22-12-8-20(17(2)16-22)9-13-23(24)25-4;1-7(9)8-5-3-2-4-6-8/h6-8,10-12,16,18H,5,9,13-15H2,1-4H3;2-6H,1H3. The Morgan fingerprint density at radius 2 is 1.58 bits per heavy atom. The van der Waals surface area contributed by atoms with Crippen LogP contribution < -0.4 is 9.47 Å². The Labute approximate surface area is 215 Å². The van der Waals surface area contributed by atoms with Crippen molar-refractivity contribution in [3.63, 3.8) is 0 Å². The molecule has 36 heavy (non-hydrogen) atoms. The lowest BCUT2D eigenvalue weighted by molar-refractivity contribution is -0.140. The Bertz CT molecular complexity index is 1070. The van der Waals surface area contributed by atoms with Gasteiger partial charge in [-0.05, 0) is 74.6 Å². The molecule has 0 fully saturated rings. The molecule has 0 saturated heterocycles. The highest BCUT2D eigenvalue weighted by atomic mass is 16.5. The average Bonchev–Trinajstić information content (AvgIpc) is 2.89. The molecule has 3 rings (SSSR count). The van der Waals surface area contributed by atoms with Gasteiger partial charge in [-0.15, -0.1) is 0 Å². The van der Waals surface area contributed by atoms with Gasteiger partial charge in [0.1, 0.15) is 11.5 Å². The van der Waals surface area contributed by atoms with Crippen LogP contribution in [-0.2, 0) is 22.4 Å². The summed E-state index contributed by atoms with van der Waals surface area (Å²) in [6, 6.07) is 23.5. The van der Waals surface area contributed by atoms with Crippen LogP contribution in [-0.4, -0.2) is 31.6 Å². The number of carbonyl (C=O) groups is 2. The molecule has 1 unspecified atom stereocenters. The van der Waals surface area contributed by atoms with Gasteiger partial charge in [0.05, 0.1) is 19.8 Å². The van der Waals surface area contributed by atoms with Gasteiger partial charge in [0.15, 0.2) is 5.78 Å². The van der Waals surface area contributed by atoms with Gasteiger partial charge in [-0.25, -0.2) is 0 Å². The second-order valence-corrected chi connectivity index (χ2v) is 8.65. The molecule has 0 spiro atoms. The van der Waals surface area contributed by atoms with Crippen molar-refractivity contribution in [1.29, 1.82) is 0 Å². The maximum atomic E-state index is 11.3. The number of benzene rings is 3. The van der Waals surface area contributed by atoms with E-state index in [0.717, 1.165) is 41.0 Å². The summed E-state index contributed by atoms with van der Waals surface area (Å²) in [4.78, 5) is 21.9.